The fourth-order valence-corrected chi connectivity index (χ4v) is 5.33. The topological polar surface area (TPSA) is 52.2 Å². The van der Waals surface area contributed by atoms with Gasteiger partial charge in [0.25, 0.3) is 5.91 Å². The zero-order chi connectivity index (χ0) is 22.5. The highest BCUT2D eigenvalue weighted by molar-refractivity contribution is 5.94. The third-order valence-electron chi connectivity index (χ3n) is 7.24. The number of fused-ring (bicyclic) bond motifs is 1. The maximum absolute atomic E-state index is 13.6. The maximum atomic E-state index is 13.6. The highest BCUT2D eigenvalue weighted by atomic mass is 19.4. The summed E-state index contributed by atoms with van der Waals surface area (Å²) in [5, 5.41) is 7.42. The van der Waals surface area contributed by atoms with Gasteiger partial charge in [0, 0.05) is 38.3 Å². The molecule has 32 heavy (non-hydrogen) atoms. The second kappa shape index (κ2) is 8.21. The fourth-order valence-electron chi connectivity index (χ4n) is 5.33. The Morgan fingerprint density at radius 3 is 2.59 bits per heavy atom. The van der Waals surface area contributed by atoms with Crippen LogP contribution in [0.25, 0.3) is 0 Å². The summed E-state index contributed by atoms with van der Waals surface area (Å²) in [6.07, 6.45) is 0.141. The number of hydrogen-bond acceptors (Lipinski definition) is 3. The number of halogens is 3. The molecule has 3 aliphatic rings. The molecule has 5 rings (SSSR count). The summed E-state index contributed by atoms with van der Waals surface area (Å²) in [6, 6.07) is 4.80. The Morgan fingerprint density at radius 2 is 1.91 bits per heavy atom. The number of amides is 1. The number of hydrogen-bond donors (Lipinski definition) is 1. The molecule has 1 aromatic heterocycles. The van der Waals surface area contributed by atoms with Gasteiger partial charge in [0.15, 0.2) is 5.69 Å². The third-order valence-corrected chi connectivity index (χ3v) is 7.24. The first kappa shape index (κ1) is 21.5. The average Bonchev–Trinajstić information content (AvgIpc) is 3.48. The number of rotatable bonds is 4. The second-order valence-corrected chi connectivity index (χ2v) is 9.56. The van der Waals surface area contributed by atoms with E-state index in [1.165, 1.54) is 25.8 Å². The summed E-state index contributed by atoms with van der Waals surface area (Å²) in [5.41, 5.74) is 2.65. The molecule has 0 atom stereocenters. The maximum Gasteiger partial charge on any atom is 0.416 e. The molecule has 2 aromatic rings. The van der Waals surface area contributed by atoms with E-state index in [4.69, 9.17) is 0 Å². The van der Waals surface area contributed by atoms with Gasteiger partial charge < -0.3 is 4.90 Å². The van der Waals surface area contributed by atoms with Crippen molar-refractivity contribution in [2.24, 2.45) is 5.92 Å². The van der Waals surface area contributed by atoms with Crippen LogP contribution in [0, 0.1) is 12.8 Å². The van der Waals surface area contributed by atoms with Gasteiger partial charge in [-0.1, -0.05) is 18.2 Å². The van der Waals surface area contributed by atoms with Crippen LogP contribution in [0.4, 0.5) is 13.2 Å². The van der Waals surface area contributed by atoms with Gasteiger partial charge in [-0.3, -0.25) is 14.8 Å². The molecule has 1 aliphatic carbocycles. The van der Waals surface area contributed by atoms with Gasteiger partial charge in [-0.05, 0) is 62.0 Å². The van der Waals surface area contributed by atoms with Crippen molar-refractivity contribution in [2.75, 3.05) is 26.2 Å². The molecule has 2 aliphatic heterocycles. The van der Waals surface area contributed by atoms with Gasteiger partial charge in [-0.15, -0.1) is 0 Å². The minimum atomic E-state index is -4.37. The monoisotopic (exact) mass is 446 g/mol. The lowest BCUT2D eigenvalue weighted by Gasteiger charge is -2.33. The van der Waals surface area contributed by atoms with Crippen LogP contribution < -0.4 is 0 Å². The first-order chi connectivity index (χ1) is 15.3. The van der Waals surface area contributed by atoms with E-state index in [2.05, 4.69) is 15.1 Å². The summed E-state index contributed by atoms with van der Waals surface area (Å²) in [6.45, 7) is 5.28. The number of piperidine rings is 1. The van der Waals surface area contributed by atoms with Crippen LogP contribution in [-0.2, 0) is 19.1 Å². The van der Waals surface area contributed by atoms with Crippen LogP contribution >= 0.6 is 0 Å². The van der Waals surface area contributed by atoms with Crippen molar-refractivity contribution >= 4 is 5.91 Å². The van der Waals surface area contributed by atoms with E-state index in [0.29, 0.717) is 37.2 Å². The van der Waals surface area contributed by atoms with E-state index < -0.39 is 11.7 Å². The largest absolute Gasteiger partial charge is 0.416 e. The zero-order valence-electron chi connectivity index (χ0n) is 18.3. The Bertz CT molecular complexity index is 1000. The minimum Gasteiger partial charge on any atom is -0.337 e. The fraction of sp³-hybridized carbons (Fsp3) is 0.583. The average molecular weight is 447 g/mol. The van der Waals surface area contributed by atoms with Crippen LogP contribution in [0.5, 0.6) is 0 Å². The number of aromatic nitrogens is 2. The standard InChI is InChI=1S/C24H29F3N4O/c1-15-3-2-4-18(21(15)24(25,26)27)17-7-11-31(12-8-17)23(32)22-19-9-10-30(13-16-5-6-16)14-20(19)28-29-22/h2-4,16-17H,5-14H2,1H3,(H,28,29). The highest BCUT2D eigenvalue weighted by Gasteiger charge is 2.38. The van der Waals surface area contributed by atoms with Gasteiger partial charge in [-0.2, -0.15) is 18.3 Å². The molecule has 3 heterocycles. The van der Waals surface area contributed by atoms with E-state index >= 15 is 0 Å². The Kier molecular flexibility index (Phi) is 5.51. The molecule has 1 saturated heterocycles. The van der Waals surface area contributed by atoms with Crippen LogP contribution in [0.2, 0.25) is 0 Å². The number of H-pyrrole nitrogens is 1. The van der Waals surface area contributed by atoms with Gasteiger partial charge in [0.2, 0.25) is 0 Å². The van der Waals surface area contributed by atoms with Crippen molar-refractivity contribution in [3.63, 3.8) is 0 Å². The quantitative estimate of drug-likeness (QED) is 0.751. The molecular formula is C24H29F3N4O. The first-order valence-corrected chi connectivity index (χ1v) is 11.6. The van der Waals surface area contributed by atoms with Crippen LogP contribution in [0.3, 0.4) is 0 Å². The van der Waals surface area contributed by atoms with Crippen molar-refractivity contribution in [3.8, 4) is 0 Å². The number of likely N-dealkylation sites (tertiary alicyclic amines) is 1. The number of aromatic amines is 1. The summed E-state index contributed by atoms with van der Waals surface area (Å²) in [4.78, 5) is 17.4. The molecule has 0 spiro atoms. The second-order valence-electron chi connectivity index (χ2n) is 9.56. The van der Waals surface area contributed by atoms with Crippen LogP contribution in [0.15, 0.2) is 18.2 Å². The number of alkyl halides is 3. The first-order valence-electron chi connectivity index (χ1n) is 11.6. The number of nitrogens with one attached hydrogen (secondary N) is 1. The molecule has 8 heteroatoms. The lowest BCUT2D eigenvalue weighted by atomic mass is 9.84. The van der Waals surface area contributed by atoms with Gasteiger partial charge >= 0.3 is 6.18 Å². The van der Waals surface area contributed by atoms with Crippen molar-refractivity contribution in [1.82, 2.24) is 20.0 Å². The van der Waals surface area contributed by atoms with Gasteiger partial charge in [-0.25, -0.2) is 0 Å². The Hall–Kier alpha value is -2.35. The molecule has 0 bridgehead atoms. The Balaban J connectivity index is 1.26. The molecular weight excluding hydrogens is 417 g/mol. The SMILES string of the molecule is Cc1cccc(C2CCN(C(=O)c3n[nH]c4c3CCN(CC3CC3)C4)CC2)c1C(F)(F)F. The third kappa shape index (κ3) is 4.17. The summed E-state index contributed by atoms with van der Waals surface area (Å²) < 4.78 is 40.9. The highest BCUT2D eigenvalue weighted by Crippen LogP contribution is 2.40. The van der Waals surface area contributed by atoms with Gasteiger partial charge in [0.1, 0.15) is 0 Å². The molecule has 5 nitrogen and oxygen atoms in total. The zero-order valence-corrected chi connectivity index (χ0v) is 18.3. The number of nitrogens with zero attached hydrogens (tertiary/aromatic N) is 3. The molecule has 1 aromatic carbocycles. The number of benzene rings is 1. The lowest BCUT2D eigenvalue weighted by molar-refractivity contribution is -0.139. The molecule has 0 unspecified atom stereocenters. The van der Waals surface area contributed by atoms with E-state index in [1.807, 2.05) is 0 Å². The minimum absolute atomic E-state index is 0.100. The van der Waals surface area contributed by atoms with Crippen LogP contribution in [0.1, 0.15) is 70.0 Å². The van der Waals surface area contributed by atoms with E-state index in [0.717, 1.165) is 43.2 Å². The predicted octanol–water partition coefficient (Wildman–Crippen LogP) is 4.52. The number of carbonyl (C=O) groups is 1. The molecule has 1 saturated carbocycles. The van der Waals surface area contributed by atoms with E-state index in [-0.39, 0.29) is 17.4 Å². The molecule has 1 amide bonds. The van der Waals surface area contributed by atoms with E-state index in [9.17, 15) is 18.0 Å². The van der Waals surface area contributed by atoms with Crippen molar-refractivity contribution in [2.45, 2.75) is 57.7 Å². The van der Waals surface area contributed by atoms with Crippen molar-refractivity contribution in [3.05, 3.63) is 51.8 Å². The lowest BCUT2D eigenvalue weighted by Crippen LogP contribution is -2.39. The Morgan fingerprint density at radius 1 is 1.16 bits per heavy atom. The summed E-state index contributed by atoms with van der Waals surface area (Å²) >= 11 is 0. The Labute approximate surface area is 186 Å². The van der Waals surface area contributed by atoms with E-state index in [1.54, 1.807) is 17.0 Å². The molecule has 172 valence electrons. The van der Waals surface area contributed by atoms with Crippen LogP contribution in [-0.4, -0.2) is 52.1 Å². The normalized spacial score (nSPS) is 20.4. The number of carbonyl (C=O) groups excluding carboxylic acids is 1. The molecule has 0 radical (unpaired) electrons. The summed E-state index contributed by atoms with van der Waals surface area (Å²) in [5.74, 6) is 0.532. The van der Waals surface area contributed by atoms with Crippen molar-refractivity contribution in [1.29, 1.82) is 0 Å². The molecule has 2 fully saturated rings. The molecule has 1 N–H and O–H groups in total. The van der Waals surface area contributed by atoms with Gasteiger partial charge in [0.05, 0.1) is 11.3 Å². The smallest absolute Gasteiger partial charge is 0.337 e. The number of aryl methyl sites for hydroxylation is 1. The predicted molar refractivity (Wildman–Crippen MR) is 114 cm³/mol. The van der Waals surface area contributed by atoms with Crippen molar-refractivity contribution < 1.29 is 18.0 Å². The summed E-state index contributed by atoms with van der Waals surface area (Å²) in [7, 11) is 0.